The number of aliphatic carboxylic acids is 3. The first kappa shape index (κ1) is 79.3. The van der Waals surface area contributed by atoms with Crippen LogP contribution in [-0.4, -0.2) is 212 Å². The van der Waals surface area contributed by atoms with Gasteiger partial charge in [0.15, 0.2) is 0 Å². The fourth-order valence-corrected chi connectivity index (χ4v) is 9.58. The quantitative estimate of drug-likeness (QED) is 0.0277. The molecule has 0 aromatic carbocycles. The Kier molecular flexibility index (Phi) is 34.0. The van der Waals surface area contributed by atoms with Crippen molar-refractivity contribution in [2.75, 3.05) is 26.2 Å². The summed E-state index contributed by atoms with van der Waals surface area (Å²) in [5.74, 6) is -16.7. The molecule has 11 atom stereocenters. The first-order chi connectivity index (χ1) is 43.0. The van der Waals surface area contributed by atoms with Crippen LogP contribution in [-0.2, 0) is 78.3 Å². The van der Waals surface area contributed by atoms with Gasteiger partial charge in [-0.1, -0.05) is 61.8 Å². The van der Waals surface area contributed by atoms with Gasteiger partial charge in [-0.2, -0.15) is 0 Å². The van der Waals surface area contributed by atoms with Crippen molar-refractivity contribution in [2.24, 2.45) is 35.1 Å². The molecule has 0 saturated carbocycles. The Morgan fingerprint density at radius 2 is 1.03 bits per heavy atom. The van der Waals surface area contributed by atoms with Crippen molar-refractivity contribution in [3.05, 3.63) is 18.2 Å². The van der Waals surface area contributed by atoms with Crippen LogP contribution < -0.4 is 70.0 Å². The SMILES string of the molecule is CC(C)C[C@H](NC(=O)[C@H](C)NC(=O)CNC(=O)[C@@H]1CCCN1C(=O)[C@H](CC(C)C)NC(=O)[C@H](CC(=O)O)NC(=O)[C@H](CC(=O)O)NC(=O)[C@H](CC(C)C)NC(=O)[C@H](Cc1cnc[nH]1)NC(=O)CNC(=O)[C@@H](NC(=O)[C@H](C)NC(=O)[C@@H](N)CCCCN)C(C)C)C(=O)O. The first-order valence-electron chi connectivity index (χ1n) is 30.7. The number of aromatic nitrogens is 2. The summed E-state index contributed by atoms with van der Waals surface area (Å²) < 4.78 is 0. The number of imidazole rings is 1. The highest BCUT2D eigenvalue weighted by atomic mass is 16.4. The van der Waals surface area contributed by atoms with Crippen molar-refractivity contribution >= 4 is 88.8 Å². The Labute approximate surface area is 533 Å². The Balaban J connectivity index is 2.27. The normalized spacial score (nSPS) is 16.2. The summed E-state index contributed by atoms with van der Waals surface area (Å²) in [5, 5.41) is 55.8. The van der Waals surface area contributed by atoms with E-state index in [9.17, 15) is 87.2 Å². The Hall–Kier alpha value is -8.82. The third-order valence-electron chi connectivity index (χ3n) is 14.4. The lowest BCUT2D eigenvalue weighted by molar-refractivity contribution is -0.144. The third-order valence-corrected chi connectivity index (χ3v) is 14.4. The number of unbranched alkanes of at least 4 members (excludes halogenated alkanes) is 1. The molecule has 1 aliphatic heterocycles. The molecule has 0 unspecified atom stereocenters. The minimum atomic E-state index is -2.03. The Morgan fingerprint density at radius 3 is 1.55 bits per heavy atom. The summed E-state index contributed by atoms with van der Waals surface area (Å²) >= 11 is 0. The summed E-state index contributed by atoms with van der Waals surface area (Å²) in [6, 6.07) is -15.3. The molecule has 1 fully saturated rings. The number of amides is 12. The van der Waals surface area contributed by atoms with E-state index in [1.807, 2.05) is 0 Å². The fraction of sp³-hybridized carbons (Fsp3) is 0.690. The number of carboxylic acids is 3. The van der Waals surface area contributed by atoms with Gasteiger partial charge in [-0.3, -0.25) is 67.1 Å². The van der Waals surface area contributed by atoms with Crippen LogP contribution in [0.5, 0.6) is 0 Å². The average molecular weight is 1310 g/mol. The van der Waals surface area contributed by atoms with Gasteiger partial charge in [0, 0.05) is 24.9 Å². The predicted molar refractivity (Wildman–Crippen MR) is 328 cm³/mol. The topological polar surface area (TPSA) is 533 Å². The zero-order valence-corrected chi connectivity index (χ0v) is 53.9. The van der Waals surface area contributed by atoms with E-state index in [4.69, 9.17) is 11.5 Å². The van der Waals surface area contributed by atoms with Crippen LogP contribution in [0.4, 0.5) is 0 Å². The van der Waals surface area contributed by atoms with Gasteiger partial charge >= 0.3 is 17.9 Å². The molecule has 0 bridgehead atoms. The zero-order valence-electron chi connectivity index (χ0n) is 53.9. The summed E-state index contributed by atoms with van der Waals surface area (Å²) in [6.07, 6.45) is 2.03. The lowest BCUT2D eigenvalue weighted by atomic mass is 10.0. The number of likely N-dealkylation sites (tertiary alicyclic amines) is 1. The number of H-pyrrole nitrogens is 1. The van der Waals surface area contributed by atoms with Gasteiger partial charge in [0.2, 0.25) is 70.9 Å². The van der Waals surface area contributed by atoms with E-state index in [-0.39, 0.29) is 56.4 Å². The largest absolute Gasteiger partial charge is 0.481 e. The van der Waals surface area contributed by atoms with Crippen molar-refractivity contribution in [1.29, 1.82) is 0 Å². The molecule has 0 aliphatic carbocycles. The number of aromatic amines is 1. The summed E-state index contributed by atoms with van der Waals surface area (Å²) in [4.78, 5) is 206. The van der Waals surface area contributed by atoms with Gasteiger partial charge < -0.3 is 95.2 Å². The smallest absolute Gasteiger partial charge is 0.326 e. The molecular formula is C58H96N16O18. The number of hydrogen-bond acceptors (Lipinski definition) is 18. The molecule has 1 saturated heterocycles. The fourth-order valence-electron chi connectivity index (χ4n) is 9.58. The lowest BCUT2D eigenvalue weighted by Gasteiger charge is -2.30. The second-order valence-corrected chi connectivity index (χ2v) is 24.4. The van der Waals surface area contributed by atoms with Crippen LogP contribution in [0.2, 0.25) is 0 Å². The molecular weight excluding hydrogens is 1210 g/mol. The van der Waals surface area contributed by atoms with Gasteiger partial charge in [0.1, 0.15) is 60.4 Å². The Morgan fingerprint density at radius 1 is 0.554 bits per heavy atom. The molecule has 0 spiro atoms. The molecule has 12 amide bonds. The maximum Gasteiger partial charge on any atom is 0.326 e. The zero-order chi connectivity index (χ0) is 69.7. The van der Waals surface area contributed by atoms with E-state index >= 15 is 0 Å². The van der Waals surface area contributed by atoms with Gasteiger partial charge in [-0.15, -0.1) is 0 Å². The number of carboxylic acid groups (broad SMARTS) is 3. The number of nitrogens with two attached hydrogens (primary N) is 2. The van der Waals surface area contributed by atoms with Crippen LogP contribution in [0.3, 0.4) is 0 Å². The second-order valence-electron chi connectivity index (χ2n) is 24.4. The highest BCUT2D eigenvalue weighted by Gasteiger charge is 2.40. The minimum Gasteiger partial charge on any atom is -0.481 e. The van der Waals surface area contributed by atoms with Crippen molar-refractivity contribution in [1.82, 2.24) is 73.4 Å². The van der Waals surface area contributed by atoms with Crippen LogP contribution >= 0.6 is 0 Å². The number of carbonyl (C=O) groups is 15. The molecule has 34 heteroatoms. The average Bonchev–Trinajstić information content (AvgIpc) is 1.66. The third kappa shape index (κ3) is 28.6. The molecule has 516 valence electrons. The van der Waals surface area contributed by atoms with Gasteiger partial charge in [0.05, 0.1) is 38.3 Å². The molecule has 19 N–H and O–H groups in total. The minimum absolute atomic E-state index is 0.0106. The van der Waals surface area contributed by atoms with Gasteiger partial charge in [-0.25, -0.2) is 9.78 Å². The molecule has 2 heterocycles. The monoisotopic (exact) mass is 1300 g/mol. The molecule has 1 aromatic rings. The number of carbonyl (C=O) groups excluding carboxylic acids is 12. The highest BCUT2D eigenvalue weighted by Crippen LogP contribution is 2.21. The lowest BCUT2D eigenvalue weighted by Crippen LogP contribution is -2.60. The van der Waals surface area contributed by atoms with E-state index in [1.54, 1.807) is 55.4 Å². The summed E-state index contributed by atoms with van der Waals surface area (Å²) in [7, 11) is 0. The molecule has 92 heavy (non-hydrogen) atoms. The van der Waals surface area contributed by atoms with Crippen molar-refractivity contribution in [3.63, 3.8) is 0 Å². The number of rotatable bonds is 41. The van der Waals surface area contributed by atoms with Gasteiger partial charge in [-0.05, 0) is 89.0 Å². The van der Waals surface area contributed by atoms with Gasteiger partial charge in [0.25, 0.3) is 0 Å². The summed E-state index contributed by atoms with van der Waals surface area (Å²) in [6.45, 7) is 15.3. The van der Waals surface area contributed by atoms with Crippen LogP contribution in [0.25, 0.3) is 0 Å². The second kappa shape index (κ2) is 39.4. The molecule has 34 nitrogen and oxygen atoms in total. The van der Waals surface area contributed by atoms with Crippen LogP contribution in [0.15, 0.2) is 12.5 Å². The highest BCUT2D eigenvalue weighted by molar-refractivity contribution is 6.00. The standard InChI is InChI=1S/C58H96N16O18/c1-28(2)18-36(68-52(85)37(21-34-24-61-27-64-34)67-44(76)26-63-56(89)47(31(7)8)73-49(82)33(10)66-50(83)35(60)14-11-12-16-59)51(84)69-38(22-45(77)78)53(86)70-39(23-46(79)80)54(87)71-40(19-29(3)4)57(90)74-17-13-15-42(74)55(88)62-25-43(75)65-32(9)48(81)72-41(58(91)92)20-30(5)6/h24,27-33,35-42,47H,11-23,25-26,59-60H2,1-10H3,(H,61,64)(H,62,88)(H,63,89)(H,65,75)(H,66,83)(H,67,76)(H,68,85)(H,69,84)(H,70,86)(H,71,87)(H,72,81)(H,73,82)(H,77,78)(H,79,80)(H,91,92)/t32-,33-,35-,36-,37-,38-,39-,40-,41-,42-,47-/m0/s1. The number of hydrogen-bond donors (Lipinski definition) is 17. The van der Waals surface area contributed by atoms with Crippen molar-refractivity contribution < 1.29 is 87.2 Å². The Bertz CT molecular complexity index is 2730. The van der Waals surface area contributed by atoms with Crippen molar-refractivity contribution in [2.45, 2.75) is 206 Å². The molecule has 2 rings (SSSR count). The van der Waals surface area contributed by atoms with Crippen LogP contribution in [0, 0.1) is 23.7 Å². The molecule has 1 aliphatic rings. The predicted octanol–water partition coefficient (Wildman–Crippen LogP) is -4.14. The number of nitrogens with one attached hydrogen (secondary N) is 12. The molecule has 1 aromatic heterocycles. The number of nitrogens with zero attached hydrogens (tertiary/aromatic N) is 2. The van der Waals surface area contributed by atoms with Crippen LogP contribution in [0.1, 0.15) is 139 Å². The van der Waals surface area contributed by atoms with E-state index in [2.05, 4.69) is 68.5 Å². The van der Waals surface area contributed by atoms with E-state index in [0.717, 1.165) is 4.90 Å². The maximum absolute atomic E-state index is 14.3. The van der Waals surface area contributed by atoms with E-state index in [0.29, 0.717) is 37.9 Å². The summed E-state index contributed by atoms with van der Waals surface area (Å²) in [5.41, 5.74) is 11.8. The van der Waals surface area contributed by atoms with E-state index in [1.165, 1.54) is 26.4 Å². The maximum atomic E-state index is 14.3. The first-order valence-corrected chi connectivity index (χ1v) is 30.7. The molecule has 0 radical (unpaired) electrons. The van der Waals surface area contributed by atoms with E-state index < -0.39 is 187 Å². The van der Waals surface area contributed by atoms with Crippen molar-refractivity contribution in [3.8, 4) is 0 Å².